The predicted molar refractivity (Wildman–Crippen MR) is 85.2 cm³/mol. The Hall–Kier alpha value is -2.38. The van der Waals surface area contributed by atoms with Gasteiger partial charge in [-0.25, -0.2) is 9.78 Å². The first-order chi connectivity index (χ1) is 10.8. The molecule has 8 heteroatoms. The minimum absolute atomic E-state index is 0.265. The maximum atomic E-state index is 11.5. The molecule has 0 fully saturated rings. The van der Waals surface area contributed by atoms with E-state index in [1.807, 2.05) is 27.7 Å². The molecule has 0 unspecified atom stereocenters. The summed E-state index contributed by atoms with van der Waals surface area (Å²) in [7, 11) is 0. The van der Waals surface area contributed by atoms with Gasteiger partial charge in [-0.2, -0.15) is 0 Å². The molecule has 0 aliphatic carbocycles. The average Bonchev–Trinajstić information content (AvgIpc) is 2.45. The van der Waals surface area contributed by atoms with Gasteiger partial charge in [0.1, 0.15) is 11.4 Å². The summed E-state index contributed by atoms with van der Waals surface area (Å²) in [5.41, 5.74) is 0.958. The monoisotopic (exact) mass is 324 g/mol. The highest BCUT2D eigenvalue weighted by atomic mass is 16.6. The first kappa shape index (κ1) is 18.7. The summed E-state index contributed by atoms with van der Waals surface area (Å²) in [5.74, 6) is 0.639. The Balaban J connectivity index is 2.40. The summed E-state index contributed by atoms with van der Waals surface area (Å²) in [4.78, 5) is 30.3. The number of anilines is 1. The van der Waals surface area contributed by atoms with Gasteiger partial charge in [0, 0.05) is 25.7 Å². The van der Waals surface area contributed by atoms with Crippen LogP contribution in [0.15, 0.2) is 6.20 Å². The lowest BCUT2D eigenvalue weighted by molar-refractivity contribution is -0.128. The minimum atomic E-state index is -0.516. The number of aromatic nitrogens is 2. The molecule has 0 saturated carbocycles. The molecule has 0 atom stereocenters. The van der Waals surface area contributed by atoms with Gasteiger partial charge in [0.25, 0.3) is 6.47 Å². The molecule has 0 aromatic carbocycles. The smallest absolute Gasteiger partial charge is 0.407 e. The second-order valence-corrected chi connectivity index (χ2v) is 5.87. The van der Waals surface area contributed by atoms with Crippen LogP contribution in [-0.2, 0) is 20.7 Å². The number of nitrogens with zero attached hydrogens (tertiary/aromatic N) is 2. The second-order valence-electron chi connectivity index (χ2n) is 5.87. The molecule has 2 N–H and O–H groups in total. The standard InChI is InChI=1S/C15H24N4O4/c1-11-13(19-12(9-18-11)5-8-22-10-20)16-6-7-17-14(21)23-15(2,3)4/h9-10H,5-8H2,1-4H3,(H,16,19)(H,17,21). The Labute approximate surface area is 136 Å². The van der Waals surface area contributed by atoms with Gasteiger partial charge in [-0.15, -0.1) is 0 Å². The fraction of sp³-hybridized carbons (Fsp3) is 0.600. The van der Waals surface area contributed by atoms with E-state index < -0.39 is 11.7 Å². The van der Waals surface area contributed by atoms with E-state index in [1.165, 1.54) is 0 Å². The third-order valence-electron chi connectivity index (χ3n) is 2.64. The highest BCUT2D eigenvalue weighted by molar-refractivity contribution is 5.67. The normalized spacial score (nSPS) is 10.8. The Kier molecular flexibility index (Phi) is 7.24. The van der Waals surface area contributed by atoms with Crippen molar-refractivity contribution in [2.45, 2.75) is 39.7 Å². The topological polar surface area (TPSA) is 102 Å². The van der Waals surface area contributed by atoms with Gasteiger partial charge in [-0.1, -0.05) is 0 Å². The van der Waals surface area contributed by atoms with Crippen LogP contribution in [0, 0.1) is 6.92 Å². The minimum Gasteiger partial charge on any atom is -0.467 e. The number of aryl methyl sites for hydroxylation is 1. The number of hydrogen-bond acceptors (Lipinski definition) is 7. The molecule has 0 bridgehead atoms. The molecule has 1 amide bonds. The van der Waals surface area contributed by atoms with E-state index in [0.29, 0.717) is 31.8 Å². The number of ether oxygens (including phenoxy) is 2. The van der Waals surface area contributed by atoms with Crippen LogP contribution < -0.4 is 10.6 Å². The molecule has 1 aromatic rings. The Morgan fingerprint density at radius 2 is 2.09 bits per heavy atom. The average molecular weight is 324 g/mol. The van der Waals surface area contributed by atoms with Crippen molar-refractivity contribution in [1.82, 2.24) is 15.3 Å². The summed E-state index contributed by atoms with van der Waals surface area (Å²) < 4.78 is 9.78. The maximum Gasteiger partial charge on any atom is 0.407 e. The SMILES string of the molecule is Cc1ncc(CCOC=O)nc1NCCNC(=O)OC(C)(C)C. The van der Waals surface area contributed by atoms with Crippen molar-refractivity contribution in [2.75, 3.05) is 25.0 Å². The van der Waals surface area contributed by atoms with Crippen LogP contribution in [-0.4, -0.2) is 47.8 Å². The van der Waals surface area contributed by atoms with Crippen LogP contribution in [0.2, 0.25) is 0 Å². The summed E-state index contributed by atoms with van der Waals surface area (Å²) in [6.07, 6.45) is 1.69. The fourth-order valence-corrected chi connectivity index (χ4v) is 1.64. The van der Waals surface area contributed by atoms with Crippen molar-refractivity contribution >= 4 is 18.4 Å². The zero-order chi connectivity index (χ0) is 17.3. The second kappa shape index (κ2) is 8.92. The van der Waals surface area contributed by atoms with Crippen LogP contribution in [0.25, 0.3) is 0 Å². The lowest BCUT2D eigenvalue weighted by Gasteiger charge is -2.19. The quantitative estimate of drug-likeness (QED) is 0.551. The molecule has 1 heterocycles. The third kappa shape index (κ3) is 7.98. The van der Waals surface area contributed by atoms with Crippen LogP contribution in [0.1, 0.15) is 32.2 Å². The third-order valence-corrected chi connectivity index (χ3v) is 2.64. The highest BCUT2D eigenvalue weighted by Crippen LogP contribution is 2.09. The summed E-state index contributed by atoms with van der Waals surface area (Å²) in [5, 5.41) is 5.76. The summed E-state index contributed by atoms with van der Waals surface area (Å²) >= 11 is 0. The summed E-state index contributed by atoms with van der Waals surface area (Å²) in [6.45, 7) is 8.82. The first-order valence-corrected chi connectivity index (χ1v) is 7.40. The predicted octanol–water partition coefficient (Wildman–Crippen LogP) is 1.44. The molecular formula is C15H24N4O4. The van der Waals surface area contributed by atoms with Crippen molar-refractivity contribution in [2.24, 2.45) is 0 Å². The lowest BCUT2D eigenvalue weighted by Crippen LogP contribution is -2.35. The number of amides is 1. The van der Waals surface area contributed by atoms with E-state index >= 15 is 0 Å². The lowest BCUT2D eigenvalue weighted by atomic mass is 10.2. The molecule has 0 aliphatic rings. The molecule has 8 nitrogen and oxygen atoms in total. The van der Waals surface area contributed by atoms with Crippen molar-refractivity contribution in [3.63, 3.8) is 0 Å². The number of carbonyl (C=O) groups is 2. The van der Waals surface area contributed by atoms with Gasteiger partial charge >= 0.3 is 6.09 Å². The van der Waals surface area contributed by atoms with Crippen LogP contribution in [0.3, 0.4) is 0 Å². The van der Waals surface area contributed by atoms with Gasteiger partial charge < -0.3 is 20.1 Å². The van der Waals surface area contributed by atoms with Crippen molar-refractivity contribution in [3.05, 3.63) is 17.6 Å². The molecule has 128 valence electrons. The number of nitrogens with one attached hydrogen (secondary N) is 2. The Morgan fingerprint density at radius 1 is 1.35 bits per heavy atom. The van der Waals surface area contributed by atoms with Gasteiger partial charge in [-0.05, 0) is 27.7 Å². The molecular weight excluding hydrogens is 300 g/mol. The number of hydrogen-bond donors (Lipinski definition) is 2. The zero-order valence-electron chi connectivity index (χ0n) is 14.0. The number of carbonyl (C=O) groups excluding carboxylic acids is 2. The van der Waals surface area contributed by atoms with E-state index in [1.54, 1.807) is 6.20 Å². The highest BCUT2D eigenvalue weighted by Gasteiger charge is 2.15. The Bertz CT molecular complexity index is 529. The zero-order valence-corrected chi connectivity index (χ0v) is 14.0. The van der Waals surface area contributed by atoms with E-state index in [4.69, 9.17) is 4.74 Å². The first-order valence-electron chi connectivity index (χ1n) is 7.40. The largest absolute Gasteiger partial charge is 0.467 e. The van der Waals surface area contributed by atoms with E-state index in [0.717, 1.165) is 11.4 Å². The summed E-state index contributed by atoms with van der Waals surface area (Å²) in [6, 6.07) is 0. The molecule has 0 radical (unpaired) electrons. The van der Waals surface area contributed by atoms with Gasteiger partial charge in [0.2, 0.25) is 0 Å². The molecule has 1 rings (SSSR count). The van der Waals surface area contributed by atoms with Gasteiger partial charge in [-0.3, -0.25) is 9.78 Å². The van der Waals surface area contributed by atoms with E-state index in [2.05, 4.69) is 25.3 Å². The Morgan fingerprint density at radius 3 is 2.74 bits per heavy atom. The van der Waals surface area contributed by atoms with Crippen molar-refractivity contribution in [1.29, 1.82) is 0 Å². The molecule has 23 heavy (non-hydrogen) atoms. The van der Waals surface area contributed by atoms with Crippen LogP contribution in [0.5, 0.6) is 0 Å². The maximum absolute atomic E-state index is 11.5. The van der Waals surface area contributed by atoms with Gasteiger partial charge in [0.05, 0.1) is 18.0 Å². The fourth-order valence-electron chi connectivity index (χ4n) is 1.64. The van der Waals surface area contributed by atoms with Gasteiger partial charge in [0.15, 0.2) is 0 Å². The van der Waals surface area contributed by atoms with Crippen LogP contribution in [0.4, 0.5) is 10.6 Å². The molecule has 1 aromatic heterocycles. The van der Waals surface area contributed by atoms with Crippen molar-refractivity contribution in [3.8, 4) is 0 Å². The van der Waals surface area contributed by atoms with E-state index in [9.17, 15) is 9.59 Å². The molecule has 0 spiro atoms. The molecule has 0 aliphatic heterocycles. The van der Waals surface area contributed by atoms with Crippen LogP contribution >= 0.6 is 0 Å². The van der Waals surface area contributed by atoms with Crippen molar-refractivity contribution < 1.29 is 19.1 Å². The number of rotatable bonds is 8. The van der Waals surface area contributed by atoms with E-state index in [-0.39, 0.29) is 6.61 Å². The number of alkyl carbamates (subject to hydrolysis) is 1. The molecule has 0 saturated heterocycles.